The van der Waals surface area contributed by atoms with E-state index in [4.69, 9.17) is 34.4 Å². The number of hydrogen-bond donors (Lipinski definition) is 12. The number of hydrogen-bond acceptors (Lipinski definition) is 34. The smallest absolute Gasteiger partial charge is 0.244 e. The van der Waals surface area contributed by atoms with Gasteiger partial charge in [-0.2, -0.15) is 58.0 Å². The second-order valence-electron chi connectivity index (χ2n) is 16.0. The first kappa shape index (κ1) is 85.3. The third-order valence-corrected chi connectivity index (χ3v) is 12.9. The highest BCUT2D eigenvalue weighted by Crippen LogP contribution is 2.20. The van der Waals surface area contributed by atoms with Crippen LogP contribution in [0.3, 0.4) is 0 Å². The number of aromatic nitrogens is 24. The van der Waals surface area contributed by atoms with Crippen molar-refractivity contribution in [3.63, 3.8) is 0 Å². The van der Waals surface area contributed by atoms with E-state index in [0.717, 1.165) is 59.8 Å². The summed E-state index contributed by atoms with van der Waals surface area (Å²) in [7, 11) is 0. The zero-order chi connectivity index (χ0) is 73.2. The molecule has 0 aliphatic heterocycles. The molecule has 0 unspecified atom stereocenters. The number of nitrogens with two attached hydrogens (primary N) is 6. The standard InChI is InChI=1S/2C9H12N6.4C7H10N6S.6C2H6/c2*1-2-11-9-13-8(10)14-15(9)7-5-3-4-6-12-7;2*1-2-9-6-11-5(8)13(12-6)7-10-3-4-14-7;2*1-2-9-6-11-5(8)12-13(6)7-10-3-4-14-7;6*1-2/h2*3-6H,2H2,1H3,(H3,10,11,13,14);4*3-4H,2H2,1H3,(H3,8,9,11,12);6*1-2H3. The van der Waals surface area contributed by atoms with Crippen LogP contribution in [-0.2, 0) is 0 Å². The summed E-state index contributed by atoms with van der Waals surface area (Å²) in [5.74, 6) is 6.55. The molecule has 0 amide bonds. The Morgan fingerprint density at radius 1 is 0.296 bits per heavy atom. The van der Waals surface area contributed by atoms with Crippen LogP contribution < -0.4 is 66.3 Å². The summed E-state index contributed by atoms with van der Waals surface area (Å²) in [6.45, 7) is 40.4. The Kier molecular flexibility index (Phi) is 44.1. The van der Waals surface area contributed by atoms with Gasteiger partial charge in [-0.05, 0) is 65.8 Å². The van der Waals surface area contributed by atoms with E-state index in [1.165, 1.54) is 54.7 Å². The van der Waals surface area contributed by atoms with Crippen molar-refractivity contribution in [1.82, 2.24) is 118 Å². The molecule has 0 radical (unpaired) electrons. The van der Waals surface area contributed by atoms with Crippen molar-refractivity contribution in [3.05, 3.63) is 95.1 Å². The lowest BCUT2D eigenvalue weighted by Gasteiger charge is -2.04. The molecule has 12 heterocycles. The zero-order valence-corrected chi connectivity index (χ0v) is 62.6. The molecule has 0 fully saturated rings. The predicted octanol–water partition coefficient (Wildman–Crippen LogP) is 10.5. The number of nitrogens with one attached hydrogen (secondary N) is 6. The summed E-state index contributed by atoms with van der Waals surface area (Å²) in [6.07, 6.45) is 10.2. The highest BCUT2D eigenvalue weighted by molar-refractivity contribution is 7.12. The van der Waals surface area contributed by atoms with Gasteiger partial charge in [0.15, 0.2) is 11.6 Å². The lowest BCUT2D eigenvalue weighted by Crippen LogP contribution is -2.07. The SMILES string of the molecule is CC.CC.CC.CC.CC.CC.CCNc1nc(N)n(-c2nccs2)n1.CCNc1nc(N)n(-c2nccs2)n1.CCNc1nc(N)nn1-c1ccccn1.CCNc1nc(N)nn1-c1ccccn1.CCNc1nc(N)nn1-c1nccs1.CCNc1nc(N)nn1-c1nccs1. The molecular weight excluding hydrogens is 1330 g/mol. The molecule has 12 rings (SSSR count). The fraction of sp³-hybridized carbons (Fsp3) is 0.414. The van der Waals surface area contributed by atoms with Gasteiger partial charge in [-0.3, -0.25) is 0 Å². The van der Waals surface area contributed by atoms with Crippen LogP contribution >= 0.6 is 45.3 Å². The summed E-state index contributed by atoms with van der Waals surface area (Å²) >= 11 is 5.89. The molecule has 0 saturated carbocycles. The number of nitrogen functional groups attached to an aromatic ring is 6. The van der Waals surface area contributed by atoms with Gasteiger partial charge in [0.05, 0.1) is 0 Å². The van der Waals surface area contributed by atoms with Crippen molar-refractivity contribution < 1.29 is 0 Å². The van der Waals surface area contributed by atoms with Crippen LogP contribution in [0.1, 0.15) is 125 Å². The van der Waals surface area contributed by atoms with Crippen molar-refractivity contribution in [1.29, 1.82) is 0 Å². The van der Waals surface area contributed by atoms with Gasteiger partial charge in [0.2, 0.25) is 91.9 Å². The van der Waals surface area contributed by atoms with E-state index >= 15 is 0 Å². The highest BCUT2D eigenvalue weighted by atomic mass is 32.1. The third kappa shape index (κ3) is 27.9. The molecule has 36 nitrogen and oxygen atoms in total. The molecule has 12 aromatic rings. The van der Waals surface area contributed by atoms with E-state index in [0.29, 0.717) is 59.2 Å². The van der Waals surface area contributed by atoms with E-state index in [9.17, 15) is 0 Å². The van der Waals surface area contributed by atoms with Crippen LogP contribution in [0.15, 0.2) is 95.1 Å². The van der Waals surface area contributed by atoms with Gasteiger partial charge in [-0.25, -0.2) is 29.9 Å². The van der Waals surface area contributed by atoms with E-state index in [2.05, 4.69) is 122 Å². The van der Waals surface area contributed by atoms with Crippen molar-refractivity contribution in [2.45, 2.75) is 125 Å². The maximum atomic E-state index is 5.68. The van der Waals surface area contributed by atoms with Gasteiger partial charge in [0.25, 0.3) is 0 Å². The van der Waals surface area contributed by atoms with Crippen LogP contribution in [0.4, 0.5) is 71.4 Å². The first-order valence-corrected chi connectivity index (χ1v) is 35.6. The topological polar surface area (TPSA) is 490 Å². The van der Waals surface area contributed by atoms with E-state index in [1.54, 1.807) is 55.9 Å². The molecule has 12 aromatic heterocycles. The summed E-state index contributed by atoms with van der Waals surface area (Å²) in [6, 6.07) is 11.1. The number of thiazole rings is 4. The Balaban J connectivity index is 0.000000570. The molecule has 0 aliphatic carbocycles. The normalized spacial score (nSPS) is 9.41. The second kappa shape index (κ2) is 50.7. The molecule has 0 atom stereocenters. The van der Waals surface area contributed by atoms with Gasteiger partial charge in [0, 0.05) is 98.0 Å². The summed E-state index contributed by atoms with van der Waals surface area (Å²) < 4.78 is 9.40. The van der Waals surface area contributed by atoms with Crippen molar-refractivity contribution in [3.8, 4) is 32.2 Å². The van der Waals surface area contributed by atoms with Gasteiger partial charge in [-0.1, -0.05) is 95.2 Å². The Hall–Kier alpha value is -10.7. The van der Waals surface area contributed by atoms with Crippen LogP contribution in [0.25, 0.3) is 32.2 Å². The fourth-order valence-corrected chi connectivity index (χ4v) is 9.01. The summed E-state index contributed by atoms with van der Waals surface area (Å²) in [5, 5.41) is 53.2. The average molecular weight is 1430 g/mol. The molecule has 40 heteroatoms. The summed E-state index contributed by atoms with van der Waals surface area (Å²) in [4.78, 5) is 49.1. The van der Waals surface area contributed by atoms with E-state index in [1.807, 2.05) is 183 Å². The highest BCUT2D eigenvalue weighted by Gasteiger charge is 2.15. The second-order valence-corrected chi connectivity index (χ2v) is 19.5. The van der Waals surface area contributed by atoms with E-state index in [-0.39, 0.29) is 23.8 Å². The Labute approximate surface area is 589 Å². The van der Waals surface area contributed by atoms with Crippen molar-refractivity contribution in [2.75, 3.05) is 106 Å². The predicted molar refractivity (Wildman–Crippen MR) is 406 cm³/mol. The van der Waals surface area contributed by atoms with Gasteiger partial charge in [0.1, 0.15) is 0 Å². The number of pyridine rings is 2. The van der Waals surface area contributed by atoms with Crippen LogP contribution in [0.5, 0.6) is 0 Å². The lowest BCUT2D eigenvalue weighted by molar-refractivity contribution is 0.849. The molecule has 0 bridgehead atoms. The monoisotopic (exact) mass is 1430 g/mol. The van der Waals surface area contributed by atoms with Crippen molar-refractivity contribution >= 4 is 117 Å². The Bertz CT molecular complexity index is 3530. The molecule has 18 N–H and O–H groups in total. The minimum Gasteiger partial charge on any atom is -0.368 e. The van der Waals surface area contributed by atoms with Gasteiger partial charge in [-0.15, -0.1) is 75.9 Å². The minimum atomic E-state index is 0.233. The van der Waals surface area contributed by atoms with Gasteiger partial charge < -0.3 is 66.3 Å². The number of anilines is 12. The number of rotatable bonds is 18. The molecule has 536 valence electrons. The zero-order valence-electron chi connectivity index (χ0n) is 59.3. The Morgan fingerprint density at radius 2 is 0.551 bits per heavy atom. The van der Waals surface area contributed by atoms with Gasteiger partial charge >= 0.3 is 0 Å². The van der Waals surface area contributed by atoms with E-state index < -0.39 is 0 Å². The Morgan fingerprint density at radius 3 is 0.786 bits per heavy atom. The average Bonchev–Trinajstić information content (AvgIpc) is 1.85. The quantitative estimate of drug-likeness (QED) is 0.0380. The minimum absolute atomic E-state index is 0.233. The van der Waals surface area contributed by atoms with Crippen LogP contribution in [0.2, 0.25) is 0 Å². The number of nitrogens with zero attached hydrogens (tertiary/aromatic N) is 24. The maximum absolute atomic E-state index is 5.68. The molecule has 98 heavy (non-hydrogen) atoms. The largest absolute Gasteiger partial charge is 0.368 e. The molecule has 0 saturated heterocycles. The summed E-state index contributed by atoms with van der Waals surface area (Å²) in [5.41, 5.74) is 33.4. The maximum Gasteiger partial charge on any atom is 0.244 e. The lowest BCUT2D eigenvalue weighted by atomic mass is 10.5. The van der Waals surface area contributed by atoms with Crippen LogP contribution in [-0.4, -0.2) is 158 Å². The third-order valence-electron chi connectivity index (χ3n) is 9.90. The fourth-order valence-electron chi connectivity index (χ4n) is 6.62. The van der Waals surface area contributed by atoms with Crippen molar-refractivity contribution in [2.24, 2.45) is 0 Å². The molecule has 0 spiro atoms. The first-order valence-electron chi connectivity index (χ1n) is 32.1. The molecule has 0 aliphatic rings. The van der Waals surface area contributed by atoms with Crippen LogP contribution in [0, 0.1) is 0 Å². The molecule has 0 aromatic carbocycles. The first-order chi connectivity index (χ1) is 47.9. The molecular formula is C58H100N36S4.